The Kier molecular flexibility index (Phi) is 5.74. The third-order valence-electron chi connectivity index (χ3n) is 8.70. The number of halogens is 1. The molecule has 2 atom stereocenters. The van der Waals surface area contributed by atoms with Crippen LogP contribution >= 0.6 is 0 Å². The molecule has 36 heavy (non-hydrogen) atoms. The van der Waals surface area contributed by atoms with Crippen molar-refractivity contribution in [3.63, 3.8) is 0 Å². The lowest BCUT2D eigenvalue weighted by molar-refractivity contribution is -0.0448. The zero-order chi connectivity index (χ0) is 24.9. The molecule has 5 fully saturated rings. The Morgan fingerprint density at radius 3 is 2.22 bits per heavy atom. The lowest BCUT2D eigenvalue weighted by Crippen LogP contribution is -2.69. The van der Waals surface area contributed by atoms with Gasteiger partial charge >= 0.3 is 0 Å². The maximum atomic E-state index is 13.7. The SMILES string of the molecule is CN1CCN(c2cccc(C(=O)NC34CC5CC(CC(NC(=O)c6cccc(F)c6)(C5)C3)C4)n2)CC1. The van der Waals surface area contributed by atoms with Crippen LogP contribution in [0.2, 0.25) is 0 Å². The third kappa shape index (κ3) is 4.47. The quantitative estimate of drug-likeness (QED) is 0.672. The molecule has 0 spiro atoms. The van der Waals surface area contributed by atoms with Gasteiger partial charge in [-0.15, -0.1) is 0 Å². The maximum Gasteiger partial charge on any atom is 0.270 e. The Balaban J connectivity index is 1.19. The molecule has 1 aromatic heterocycles. The van der Waals surface area contributed by atoms with E-state index in [9.17, 15) is 14.0 Å². The Morgan fingerprint density at radius 1 is 0.917 bits per heavy atom. The van der Waals surface area contributed by atoms with Crippen LogP contribution in [-0.2, 0) is 0 Å². The second-order valence-corrected chi connectivity index (χ2v) is 11.6. The molecule has 4 saturated carbocycles. The smallest absolute Gasteiger partial charge is 0.270 e. The minimum absolute atomic E-state index is 0.139. The Hall–Kier alpha value is -3.00. The van der Waals surface area contributed by atoms with E-state index >= 15 is 0 Å². The van der Waals surface area contributed by atoms with E-state index in [1.165, 1.54) is 12.1 Å². The van der Waals surface area contributed by atoms with Gasteiger partial charge in [0.15, 0.2) is 0 Å². The number of nitrogens with one attached hydrogen (secondary N) is 2. The molecule has 1 aliphatic heterocycles. The van der Waals surface area contributed by atoms with Gasteiger partial charge in [0.05, 0.1) is 0 Å². The first-order valence-corrected chi connectivity index (χ1v) is 13.1. The highest BCUT2D eigenvalue weighted by Gasteiger charge is 2.58. The molecule has 5 aliphatic rings. The Bertz CT molecular complexity index is 1160. The van der Waals surface area contributed by atoms with Crippen LogP contribution in [0.4, 0.5) is 10.2 Å². The predicted octanol–water partition coefficient (Wildman–Crippen LogP) is 3.22. The van der Waals surface area contributed by atoms with Gasteiger partial charge in [0.25, 0.3) is 11.8 Å². The second-order valence-electron chi connectivity index (χ2n) is 11.6. The number of rotatable bonds is 5. The van der Waals surface area contributed by atoms with Gasteiger partial charge in [0, 0.05) is 42.8 Å². The van der Waals surface area contributed by atoms with Crippen molar-refractivity contribution in [2.24, 2.45) is 11.8 Å². The van der Waals surface area contributed by atoms with Gasteiger partial charge in [-0.3, -0.25) is 9.59 Å². The van der Waals surface area contributed by atoms with Crippen molar-refractivity contribution in [2.45, 2.75) is 49.6 Å². The van der Waals surface area contributed by atoms with Gasteiger partial charge in [-0.2, -0.15) is 0 Å². The van der Waals surface area contributed by atoms with Crippen molar-refractivity contribution in [1.29, 1.82) is 0 Å². The number of aromatic nitrogens is 1. The molecule has 1 aromatic carbocycles. The number of hydrogen-bond acceptors (Lipinski definition) is 5. The molecule has 8 heteroatoms. The van der Waals surface area contributed by atoms with Crippen LogP contribution < -0.4 is 15.5 Å². The number of carbonyl (C=O) groups excluding carboxylic acids is 2. The van der Waals surface area contributed by atoms with Gasteiger partial charge in [-0.05, 0) is 87.7 Å². The van der Waals surface area contributed by atoms with Gasteiger partial charge in [0.2, 0.25) is 0 Å². The molecule has 4 bridgehead atoms. The molecule has 0 radical (unpaired) electrons. The van der Waals surface area contributed by atoms with Crippen molar-refractivity contribution in [3.05, 3.63) is 59.5 Å². The minimum atomic E-state index is -0.414. The topological polar surface area (TPSA) is 77.6 Å². The van der Waals surface area contributed by atoms with Crippen molar-refractivity contribution in [1.82, 2.24) is 20.5 Å². The maximum absolute atomic E-state index is 13.7. The van der Waals surface area contributed by atoms with E-state index in [0.717, 1.165) is 64.1 Å². The van der Waals surface area contributed by atoms with Gasteiger partial charge in [-0.1, -0.05) is 12.1 Å². The molecule has 7 nitrogen and oxygen atoms in total. The van der Waals surface area contributed by atoms with Gasteiger partial charge in [0.1, 0.15) is 17.3 Å². The highest BCUT2D eigenvalue weighted by molar-refractivity contribution is 5.95. The molecule has 2 amide bonds. The zero-order valence-electron chi connectivity index (χ0n) is 20.8. The number of pyridine rings is 1. The minimum Gasteiger partial charge on any atom is -0.354 e. The van der Waals surface area contributed by atoms with Crippen LogP contribution in [0.25, 0.3) is 0 Å². The van der Waals surface area contributed by atoms with E-state index in [-0.39, 0.29) is 22.9 Å². The number of nitrogens with zero attached hydrogens (tertiary/aromatic N) is 3. The summed E-state index contributed by atoms with van der Waals surface area (Å²) in [7, 11) is 2.12. The van der Waals surface area contributed by atoms with Crippen LogP contribution in [0.1, 0.15) is 59.4 Å². The first-order valence-electron chi connectivity index (χ1n) is 13.1. The average Bonchev–Trinajstić information content (AvgIpc) is 2.83. The van der Waals surface area contributed by atoms with E-state index in [2.05, 4.69) is 27.5 Å². The fourth-order valence-corrected chi connectivity index (χ4v) is 7.56. The van der Waals surface area contributed by atoms with E-state index < -0.39 is 5.82 Å². The van der Waals surface area contributed by atoms with E-state index in [1.807, 2.05) is 12.1 Å². The van der Waals surface area contributed by atoms with Crippen LogP contribution in [-0.4, -0.2) is 66.0 Å². The molecule has 2 heterocycles. The zero-order valence-corrected chi connectivity index (χ0v) is 20.8. The average molecular weight is 492 g/mol. The molecular weight excluding hydrogens is 457 g/mol. The first-order chi connectivity index (χ1) is 17.3. The van der Waals surface area contributed by atoms with E-state index in [1.54, 1.807) is 18.2 Å². The normalized spacial score (nSPS) is 31.3. The molecule has 2 aromatic rings. The summed E-state index contributed by atoms with van der Waals surface area (Å²) < 4.78 is 13.7. The molecular formula is C28H34FN5O2. The first kappa shape index (κ1) is 23.4. The Morgan fingerprint density at radius 2 is 1.56 bits per heavy atom. The summed E-state index contributed by atoms with van der Waals surface area (Å²) in [5, 5.41) is 6.66. The third-order valence-corrected chi connectivity index (χ3v) is 8.70. The van der Waals surface area contributed by atoms with Crippen molar-refractivity contribution in [2.75, 3.05) is 38.1 Å². The van der Waals surface area contributed by atoms with Crippen molar-refractivity contribution < 1.29 is 14.0 Å². The van der Waals surface area contributed by atoms with Crippen LogP contribution in [0.5, 0.6) is 0 Å². The largest absolute Gasteiger partial charge is 0.354 e. The summed E-state index contributed by atoms with van der Waals surface area (Å²) in [6.07, 6.45) is 5.55. The van der Waals surface area contributed by atoms with Crippen LogP contribution in [0.3, 0.4) is 0 Å². The van der Waals surface area contributed by atoms with Gasteiger partial charge < -0.3 is 20.4 Å². The number of amides is 2. The summed E-state index contributed by atoms with van der Waals surface area (Å²) in [5.74, 6) is 0.982. The highest BCUT2D eigenvalue weighted by atomic mass is 19.1. The summed E-state index contributed by atoms with van der Waals surface area (Å²) in [6, 6.07) is 11.5. The number of anilines is 1. The van der Waals surface area contributed by atoms with Crippen LogP contribution in [0, 0.1) is 17.7 Å². The Labute approximate surface area is 211 Å². The lowest BCUT2D eigenvalue weighted by atomic mass is 9.49. The summed E-state index contributed by atoms with van der Waals surface area (Å²) in [5.41, 5.74) is 0.0754. The molecule has 2 N–H and O–H groups in total. The number of piperazine rings is 1. The summed E-state index contributed by atoms with van der Waals surface area (Å²) >= 11 is 0. The predicted molar refractivity (Wildman–Crippen MR) is 135 cm³/mol. The molecule has 2 unspecified atom stereocenters. The molecule has 4 aliphatic carbocycles. The lowest BCUT2D eigenvalue weighted by Gasteiger charge is -2.62. The summed E-state index contributed by atoms with van der Waals surface area (Å²) in [4.78, 5) is 35.8. The molecule has 190 valence electrons. The van der Waals surface area contributed by atoms with Crippen molar-refractivity contribution in [3.8, 4) is 0 Å². The summed E-state index contributed by atoms with van der Waals surface area (Å²) in [6.45, 7) is 3.76. The highest BCUT2D eigenvalue weighted by Crippen LogP contribution is 2.57. The van der Waals surface area contributed by atoms with E-state index in [4.69, 9.17) is 4.98 Å². The monoisotopic (exact) mass is 491 g/mol. The fourth-order valence-electron chi connectivity index (χ4n) is 7.56. The van der Waals surface area contributed by atoms with Crippen molar-refractivity contribution >= 4 is 17.6 Å². The number of benzene rings is 1. The fraction of sp³-hybridized carbons (Fsp3) is 0.536. The molecule has 1 saturated heterocycles. The van der Waals surface area contributed by atoms with E-state index in [0.29, 0.717) is 29.5 Å². The standard InChI is InChI=1S/C28H34FN5O2/c1-33-8-10-34(11-9-33)24-7-3-6-23(30-24)26(36)32-28-16-19-12-20(17-28)15-27(14-19,18-28)31-25(35)21-4-2-5-22(29)13-21/h2-7,13,19-20H,8-12,14-18H2,1H3,(H,31,35)(H,32,36). The molecule has 7 rings (SSSR count). The number of carbonyl (C=O) groups is 2. The number of likely N-dealkylation sites (N-methyl/N-ethyl adjacent to an activating group) is 1. The second kappa shape index (κ2) is 8.83. The number of hydrogen-bond donors (Lipinski definition) is 2. The van der Waals surface area contributed by atoms with Gasteiger partial charge in [-0.25, -0.2) is 9.37 Å². The van der Waals surface area contributed by atoms with Crippen LogP contribution in [0.15, 0.2) is 42.5 Å².